The third-order valence-electron chi connectivity index (χ3n) is 4.58. The van der Waals surface area contributed by atoms with Gasteiger partial charge in [0.25, 0.3) is 0 Å². The summed E-state index contributed by atoms with van der Waals surface area (Å²) in [5.74, 6) is 1.02. The maximum atomic E-state index is 5.44. The van der Waals surface area contributed by atoms with Crippen LogP contribution in [-0.2, 0) is 6.42 Å². The van der Waals surface area contributed by atoms with Crippen LogP contribution in [0.3, 0.4) is 0 Å². The van der Waals surface area contributed by atoms with Crippen molar-refractivity contribution in [3.63, 3.8) is 0 Å². The number of benzene rings is 1. The second kappa shape index (κ2) is 6.42. The summed E-state index contributed by atoms with van der Waals surface area (Å²) in [6, 6.07) is 2.90. The molecule has 0 aliphatic carbocycles. The highest BCUT2D eigenvalue weighted by atomic mass is 16.5. The largest absolute Gasteiger partial charge is 0.496 e. The van der Waals surface area contributed by atoms with Crippen molar-refractivity contribution in [1.29, 1.82) is 0 Å². The van der Waals surface area contributed by atoms with Gasteiger partial charge in [-0.3, -0.25) is 0 Å². The molecular weight excluding hydrogens is 234 g/mol. The number of piperidine rings is 1. The summed E-state index contributed by atoms with van der Waals surface area (Å²) in [6.45, 7) is 7.80. The number of hydrogen-bond acceptors (Lipinski definition) is 2. The zero-order chi connectivity index (χ0) is 13.8. The molecule has 106 valence electrons. The Balaban J connectivity index is 2.09. The fourth-order valence-corrected chi connectivity index (χ4v) is 3.18. The molecule has 1 atom stereocenters. The van der Waals surface area contributed by atoms with Crippen LogP contribution in [0.4, 0.5) is 0 Å². The summed E-state index contributed by atoms with van der Waals surface area (Å²) >= 11 is 0. The predicted molar refractivity (Wildman–Crippen MR) is 81.2 cm³/mol. The monoisotopic (exact) mass is 261 g/mol. The molecule has 0 bridgehead atoms. The van der Waals surface area contributed by atoms with Gasteiger partial charge in [-0.05, 0) is 81.3 Å². The zero-order valence-electron chi connectivity index (χ0n) is 12.8. The molecule has 19 heavy (non-hydrogen) atoms. The molecule has 1 saturated heterocycles. The van der Waals surface area contributed by atoms with Gasteiger partial charge in [-0.1, -0.05) is 6.42 Å². The number of hydrogen-bond donors (Lipinski definition) is 1. The number of ether oxygens (including phenoxy) is 1. The van der Waals surface area contributed by atoms with Crippen LogP contribution in [0, 0.1) is 20.8 Å². The van der Waals surface area contributed by atoms with E-state index in [1.165, 1.54) is 60.9 Å². The van der Waals surface area contributed by atoms with Crippen LogP contribution in [0.1, 0.15) is 47.9 Å². The van der Waals surface area contributed by atoms with Crippen molar-refractivity contribution in [2.75, 3.05) is 13.7 Å². The number of nitrogens with one attached hydrogen (secondary N) is 1. The lowest BCUT2D eigenvalue weighted by molar-refractivity contribution is 0.382. The van der Waals surface area contributed by atoms with Crippen LogP contribution in [0.5, 0.6) is 5.75 Å². The standard InChI is InChI=1S/C17H27NO/c1-12-11-17(19-4)14(3)13(2)16(12)9-8-15-7-5-6-10-18-15/h11,15,18H,5-10H2,1-4H3. The Morgan fingerprint density at radius 1 is 1.21 bits per heavy atom. The molecule has 1 heterocycles. The van der Waals surface area contributed by atoms with Crippen molar-refractivity contribution < 1.29 is 4.74 Å². The maximum Gasteiger partial charge on any atom is 0.122 e. The summed E-state index contributed by atoms with van der Waals surface area (Å²) in [4.78, 5) is 0. The minimum atomic E-state index is 0.718. The van der Waals surface area contributed by atoms with Crippen LogP contribution in [0.25, 0.3) is 0 Å². The Kier molecular flexibility index (Phi) is 4.87. The first kappa shape index (κ1) is 14.4. The van der Waals surface area contributed by atoms with Gasteiger partial charge in [0.15, 0.2) is 0 Å². The molecule has 0 spiro atoms. The predicted octanol–water partition coefficient (Wildman–Crippen LogP) is 3.70. The second-order valence-corrected chi connectivity index (χ2v) is 5.81. The van der Waals surface area contributed by atoms with Crippen molar-refractivity contribution in [2.24, 2.45) is 0 Å². The Morgan fingerprint density at radius 2 is 2.00 bits per heavy atom. The van der Waals surface area contributed by atoms with Gasteiger partial charge in [-0.25, -0.2) is 0 Å². The van der Waals surface area contributed by atoms with E-state index in [9.17, 15) is 0 Å². The van der Waals surface area contributed by atoms with Crippen LogP contribution >= 0.6 is 0 Å². The fraction of sp³-hybridized carbons (Fsp3) is 0.647. The SMILES string of the molecule is COc1cc(C)c(CCC2CCCCN2)c(C)c1C. The Bertz CT molecular complexity index is 433. The first-order chi connectivity index (χ1) is 9.13. The van der Waals surface area contributed by atoms with Gasteiger partial charge in [0.1, 0.15) is 5.75 Å². The third kappa shape index (κ3) is 3.30. The first-order valence-electron chi connectivity index (χ1n) is 7.50. The van der Waals surface area contributed by atoms with Crippen molar-refractivity contribution >= 4 is 0 Å². The first-order valence-corrected chi connectivity index (χ1v) is 7.50. The second-order valence-electron chi connectivity index (χ2n) is 5.81. The van der Waals surface area contributed by atoms with Gasteiger partial charge in [0, 0.05) is 6.04 Å². The lowest BCUT2D eigenvalue weighted by Gasteiger charge is -2.24. The molecule has 1 aromatic rings. The average molecular weight is 261 g/mol. The van der Waals surface area contributed by atoms with Crippen molar-refractivity contribution in [3.8, 4) is 5.75 Å². The lowest BCUT2D eigenvalue weighted by atomic mass is 9.91. The van der Waals surface area contributed by atoms with Crippen LogP contribution < -0.4 is 10.1 Å². The summed E-state index contributed by atoms with van der Waals surface area (Å²) < 4.78 is 5.44. The molecule has 2 nitrogen and oxygen atoms in total. The van der Waals surface area contributed by atoms with E-state index in [1.54, 1.807) is 7.11 Å². The minimum Gasteiger partial charge on any atom is -0.496 e. The van der Waals surface area contributed by atoms with E-state index < -0.39 is 0 Å². The van der Waals surface area contributed by atoms with Gasteiger partial charge >= 0.3 is 0 Å². The van der Waals surface area contributed by atoms with Crippen LogP contribution in [0.2, 0.25) is 0 Å². The highest BCUT2D eigenvalue weighted by Gasteiger charge is 2.15. The van der Waals surface area contributed by atoms with Crippen LogP contribution in [-0.4, -0.2) is 19.7 Å². The van der Waals surface area contributed by atoms with E-state index in [-0.39, 0.29) is 0 Å². The van der Waals surface area contributed by atoms with Gasteiger partial charge in [0.2, 0.25) is 0 Å². The molecule has 0 radical (unpaired) electrons. The molecule has 1 aliphatic rings. The molecular formula is C17H27NO. The minimum absolute atomic E-state index is 0.718. The Morgan fingerprint density at radius 3 is 2.63 bits per heavy atom. The molecule has 0 amide bonds. The molecule has 1 fully saturated rings. The topological polar surface area (TPSA) is 21.3 Å². The molecule has 0 aromatic heterocycles. The molecule has 2 rings (SSSR count). The van der Waals surface area contributed by atoms with Gasteiger partial charge in [0.05, 0.1) is 7.11 Å². The van der Waals surface area contributed by atoms with Gasteiger partial charge in [-0.15, -0.1) is 0 Å². The normalized spacial score (nSPS) is 19.5. The number of methoxy groups -OCH3 is 1. The van der Waals surface area contributed by atoms with Crippen molar-refractivity contribution in [2.45, 2.75) is 58.9 Å². The maximum absolute atomic E-state index is 5.44. The van der Waals surface area contributed by atoms with E-state index in [4.69, 9.17) is 4.74 Å². The summed E-state index contributed by atoms with van der Waals surface area (Å²) in [7, 11) is 1.76. The molecule has 0 saturated carbocycles. The van der Waals surface area contributed by atoms with Crippen molar-refractivity contribution in [3.05, 3.63) is 28.3 Å². The van der Waals surface area contributed by atoms with E-state index in [0.29, 0.717) is 0 Å². The molecule has 1 aromatic carbocycles. The molecule has 1 N–H and O–H groups in total. The summed E-state index contributed by atoms with van der Waals surface area (Å²) in [6.07, 6.45) is 6.51. The third-order valence-corrected chi connectivity index (χ3v) is 4.58. The molecule has 1 aliphatic heterocycles. The highest BCUT2D eigenvalue weighted by Crippen LogP contribution is 2.28. The van der Waals surface area contributed by atoms with Gasteiger partial charge in [-0.2, -0.15) is 0 Å². The van der Waals surface area contributed by atoms with Crippen molar-refractivity contribution in [1.82, 2.24) is 5.32 Å². The Labute approximate surface area is 117 Å². The highest BCUT2D eigenvalue weighted by molar-refractivity contribution is 5.48. The van der Waals surface area contributed by atoms with Gasteiger partial charge < -0.3 is 10.1 Å². The smallest absolute Gasteiger partial charge is 0.122 e. The quantitative estimate of drug-likeness (QED) is 0.892. The zero-order valence-corrected chi connectivity index (χ0v) is 12.8. The van der Waals surface area contributed by atoms with E-state index >= 15 is 0 Å². The molecule has 2 heteroatoms. The molecule has 1 unspecified atom stereocenters. The summed E-state index contributed by atoms with van der Waals surface area (Å²) in [5.41, 5.74) is 5.59. The van der Waals surface area contributed by atoms with Crippen LogP contribution in [0.15, 0.2) is 6.07 Å². The number of aryl methyl sites for hydroxylation is 1. The van der Waals surface area contributed by atoms with E-state index in [2.05, 4.69) is 32.2 Å². The average Bonchev–Trinajstić information content (AvgIpc) is 2.44. The fourth-order valence-electron chi connectivity index (χ4n) is 3.18. The summed E-state index contributed by atoms with van der Waals surface area (Å²) in [5, 5.41) is 3.64. The lowest BCUT2D eigenvalue weighted by Crippen LogP contribution is -2.34. The Hall–Kier alpha value is -1.02. The van der Waals surface area contributed by atoms with E-state index in [1.807, 2.05) is 0 Å². The van der Waals surface area contributed by atoms with E-state index in [0.717, 1.165) is 11.8 Å². The number of rotatable bonds is 4.